The summed E-state index contributed by atoms with van der Waals surface area (Å²) in [4.78, 5) is 15.1. The van der Waals surface area contributed by atoms with E-state index in [-0.39, 0.29) is 0 Å². The molecule has 13 heavy (non-hydrogen) atoms. The van der Waals surface area contributed by atoms with Crippen molar-refractivity contribution >= 4 is 5.97 Å². The molecule has 0 aromatic carbocycles. The molecule has 1 heterocycles. The van der Waals surface area contributed by atoms with Crippen LogP contribution in [0.5, 0.6) is 0 Å². The van der Waals surface area contributed by atoms with Gasteiger partial charge in [0.2, 0.25) is 5.60 Å². The molecule has 0 aliphatic carbocycles. The van der Waals surface area contributed by atoms with E-state index >= 15 is 0 Å². The Hall–Kier alpha value is -0.730. The van der Waals surface area contributed by atoms with Crippen LogP contribution >= 0.6 is 0 Å². The molecule has 0 aromatic rings. The van der Waals surface area contributed by atoms with Crippen LogP contribution in [0.15, 0.2) is 0 Å². The van der Waals surface area contributed by atoms with Crippen LogP contribution in [0.3, 0.4) is 0 Å². The van der Waals surface area contributed by atoms with Crippen molar-refractivity contribution in [3.8, 4) is 0 Å². The monoisotopic (exact) mass is 193 g/mol. The minimum atomic E-state index is -1.96. The first-order chi connectivity index (χ1) is 5.89. The summed E-state index contributed by atoms with van der Waals surface area (Å²) in [6, 6.07) is 0. The number of hydrogen-bond donors (Lipinski definition) is 5. The Morgan fingerprint density at radius 3 is 2.46 bits per heavy atom. The second-order valence-corrected chi connectivity index (χ2v) is 3.01. The maximum atomic E-state index is 10.6. The number of aliphatic hydroxyl groups is 3. The summed E-state index contributed by atoms with van der Waals surface area (Å²) in [5.41, 5.74) is -0.0609. The summed E-state index contributed by atoms with van der Waals surface area (Å²) in [6.45, 7) is 1.09. The van der Waals surface area contributed by atoms with E-state index in [1.807, 2.05) is 5.48 Å². The minimum absolute atomic E-state index is 1.09. The molecule has 0 amide bonds. The number of carboxylic acids is 1. The summed E-state index contributed by atoms with van der Waals surface area (Å²) in [5.74, 6) is -1.43. The Balaban J connectivity index is 2.85. The molecule has 1 fully saturated rings. The van der Waals surface area contributed by atoms with E-state index in [2.05, 4.69) is 4.84 Å². The lowest BCUT2D eigenvalue weighted by molar-refractivity contribution is -0.274. The smallest absolute Gasteiger partial charge is 0.340 e. The highest BCUT2D eigenvalue weighted by molar-refractivity contribution is 5.78. The highest BCUT2D eigenvalue weighted by atomic mass is 16.7. The van der Waals surface area contributed by atoms with Crippen molar-refractivity contribution in [3.63, 3.8) is 0 Å². The largest absolute Gasteiger partial charge is 0.479 e. The van der Waals surface area contributed by atoms with Crippen molar-refractivity contribution in [1.82, 2.24) is 5.48 Å². The van der Waals surface area contributed by atoms with Gasteiger partial charge in [0.05, 0.1) is 0 Å². The molecule has 0 bridgehead atoms. The predicted molar refractivity (Wildman–Crippen MR) is 38.3 cm³/mol. The van der Waals surface area contributed by atoms with Gasteiger partial charge >= 0.3 is 5.97 Å². The van der Waals surface area contributed by atoms with Gasteiger partial charge in [0.15, 0.2) is 6.23 Å². The Morgan fingerprint density at radius 2 is 2.00 bits per heavy atom. The van der Waals surface area contributed by atoms with Gasteiger partial charge in [-0.15, -0.1) is 0 Å². The van der Waals surface area contributed by atoms with E-state index in [0.29, 0.717) is 0 Å². The van der Waals surface area contributed by atoms with Gasteiger partial charge in [-0.05, 0) is 6.92 Å². The fourth-order valence-corrected chi connectivity index (χ4v) is 0.982. The van der Waals surface area contributed by atoms with Crippen molar-refractivity contribution < 1.29 is 30.1 Å². The third kappa shape index (κ3) is 1.52. The van der Waals surface area contributed by atoms with Crippen molar-refractivity contribution in [1.29, 1.82) is 0 Å². The quantitative estimate of drug-likeness (QED) is 0.310. The summed E-state index contributed by atoms with van der Waals surface area (Å²) in [7, 11) is 0. The molecule has 1 aliphatic heterocycles. The molecule has 0 aromatic heterocycles. The number of carboxylic acid groups (broad SMARTS) is 1. The van der Waals surface area contributed by atoms with Gasteiger partial charge in [0, 0.05) is 0 Å². The molecule has 0 saturated carbocycles. The van der Waals surface area contributed by atoms with Crippen molar-refractivity contribution in [2.75, 3.05) is 0 Å². The summed E-state index contributed by atoms with van der Waals surface area (Å²) in [5, 5.41) is 36.0. The molecular formula is C6H11NO6. The van der Waals surface area contributed by atoms with Crippen LogP contribution in [0.1, 0.15) is 6.92 Å². The summed E-state index contributed by atoms with van der Waals surface area (Å²) < 4.78 is 0. The zero-order valence-electron chi connectivity index (χ0n) is 6.84. The molecule has 1 aliphatic rings. The van der Waals surface area contributed by atoms with Crippen LogP contribution in [0, 0.1) is 0 Å². The highest BCUT2D eigenvalue weighted by Crippen LogP contribution is 2.23. The number of carbonyl (C=O) groups is 1. The SMILES string of the molecule is C[C@@]1(C(=O)O)ON[C@H](O)[C@H](O)[C@@H]1O. The first-order valence-electron chi connectivity index (χ1n) is 3.60. The average molecular weight is 193 g/mol. The number of hydroxylamine groups is 1. The van der Waals surface area contributed by atoms with Crippen LogP contribution in [0.4, 0.5) is 0 Å². The fraction of sp³-hybridized carbons (Fsp3) is 0.833. The topological polar surface area (TPSA) is 119 Å². The van der Waals surface area contributed by atoms with E-state index in [1.54, 1.807) is 0 Å². The minimum Gasteiger partial charge on any atom is -0.479 e. The first-order valence-corrected chi connectivity index (χ1v) is 3.60. The Morgan fingerprint density at radius 1 is 1.46 bits per heavy atom. The van der Waals surface area contributed by atoms with Crippen molar-refractivity contribution in [2.24, 2.45) is 0 Å². The normalized spacial score (nSPS) is 46.0. The molecule has 7 nitrogen and oxygen atoms in total. The van der Waals surface area contributed by atoms with Gasteiger partial charge in [-0.3, -0.25) is 4.84 Å². The Labute approximate surface area is 73.5 Å². The van der Waals surface area contributed by atoms with Crippen LogP contribution < -0.4 is 5.48 Å². The van der Waals surface area contributed by atoms with Gasteiger partial charge in [-0.1, -0.05) is 0 Å². The predicted octanol–water partition coefficient (Wildman–Crippen LogP) is -2.60. The van der Waals surface area contributed by atoms with Crippen LogP contribution in [-0.2, 0) is 9.63 Å². The van der Waals surface area contributed by atoms with E-state index in [1.165, 1.54) is 0 Å². The third-order valence-electron chi connectivity index (χ3n) is 2.03. The third-order valence-corrected chi connectivity index (χ3v) is 2.03. The van der Waals surface area contributed by atoms with Gasteiger partial charge in [0.1, 0.15) is 12.2 Å². The summed E-state index contributed by atoms with van der Waals surface area (Å²) >= 11 is 0. The number of rotatable bonds is 1. The Bertz CT molecular complexity index is 221. The van der Waals surface area contributed by atoms with Crippen LogP contribution in [0.25, 0.3) is 0 Å². The number of hydrogen-bond acceptors (Lipinski definition) is 6. The Kier molecular flexibility index (Phi) is 2.55. The van der Waals surface area contributed by atoms with E-state index in [0.717, 1.165) is 6.92 Å². The molecule has 0 spiro atoms. The van der Waals surface area contributed by atoms with Gasteiger partial charge in [0.25, 0.3) is 0 Å². The van der Waals surface area contributed by atoms with Gasteiger partial charge in [-0.25, -0.2) is 4.79 Å². The molecule has 0 unspecified atom stereocenters. The van der Waals surface area contributed by atoms with E-state index < -0.39 is 30.0 Å². The van der Waals surface area contributed by atoms with E-state index in [4.69, 9.17) is 15.3 Å². The standard InChI is InChI=1S/C6H11NO6/c1-6(5(11)12)3(9)2(8)4(10)7-13-6/h2-4,7-10H,1H3,(H,11,12)/t2-,3+,4-,6-/m1/s1. The zero-order chi connectivity index (χ0) is 10.2. The number of aliphatic carboxylic acids is 1. The molecule has 7 heteroatoms. The summed E-state index contributed by atoms with van der Waals surface area (Å²) in [6.07, 6.45) is -4.79. The van der Waals surface area contributed by atoms with Crippen molar-refractivity contribution in [3.05, 3.63) is 0 Å². The number of aliphatic hydroxyl groups excluding tert-OH is 3. The molecule has 1 saturated heterocycles. The average Bonchev–Trinajstić information content (AvgIpc) is 2.08. The highest BCUT2D eigenvalue weighted by Gasteiger charge is 2.52. The molecular weight excluding hydrogens is 182 g/mol. The maximum absolute atomic E-state index is 10.6. The molecule has 5 N–H and O–H groups in total. The lowest BCUT2D eigenvalue weighted by atomic mass is 9.93. The lowest BCUT2D eigenvalue weighted by Crippen LogP contribution is -2.66. The molecule has 4 atom stereocenters. The fourth-order valence-electron chi connectivity index (χ4n) is 0.982. The maximum Gasteiger partial charge on any atom is 0.340 e. The van der Waals surface area contributed by atoms with Crippen molar-refractivity contribution in [2.45, 2.75) is 31.0 Å². The lowest BCUT2D eigenvalue weighted by Gasteiger charge is -2.39. The van der Waals surface area contributed by atoms with Crippen LogP contribution in [0.2, 0.25) is 0 Å². The molecule has 0 radical (unpaired) electrons. The molecule has 76 valence electrons. The second-order valence-electron chi connectivity index (χ2n) is 3.01. The number of nitrogens with one attached hydrogen (secondary N) is 1. The first kappa shape index (κ1) is 10.4. The van der Waals surface area contributed by atoms with Gasteiger partial charge < -0.3 is 20.4 Å². The zero-order valence-corrected chi connectivity index (χ0v) is 6.84. The second kappa shape index (κ2) is 3.20. The molecule has 1 rings (SSSR count). The van der Waals surface area contributed by atoms with E-state index in [9.17, 15) is 9.90 Å². The van der Waals surface area contributed by atoms with Gasteiger partial charge in [-0.2, -0.15) is 5.48 Å². The van der Waals surface area contributed by atoms with Crippen LogP contribution in [-0.4, -0.2) is 50.4 Å².